The Hall–Kier alpha value is -1.42. The lowest BCUT2D eigenvalue weighted by Crippen LogP contribution is -2.04. The number of esters is 1. The maximum atomic E-state index is 11.4. The summed E-state index contributed by atoms with van der Waals surface area (Å²) in [4.78, 5) is 12.4. The summed E-state index contributed by atoms with van der Waals surface area (Å²) in [5, 5.41) is 0. The van der Waals surface area contributed by atoms with Gasteiger partial charge in [-0.3, -0.25) is 0 Å². The van der Waals surface area contributed by atoms with E-state index in [0.717, 1.165) is 16.1 Å². The monoisotopic (exact) mass is 265 g/mol. The van der Waals surface area contributed by atoms with Gasteiger partial charge in [0, 0.05) is 21.9 Å². The highest BCUT2D eigenvalue weighted by Crippen LogP contribution is 2.26. The van der Waals surface area contributed by atoms with Gasteiger partial charge in [0.05, 0.1) is 7.11 Å². The third kappa shape index (κ3) is 4.11. The van der Waals surface area contributed by atoms with Crippen LogP contribution in [0.3, 0.4) is 0 Å². The summed E-state index contributed by atoms with van der Waals surface area (Å²) in [6.45, 7) is 3.95. The molecular weight excluding hydrogens is 246 g/mol. The van der Waals surface area contributed by atoms with Crippen LogP contribution in [-0.2, 0) is 9.53 Å². The molecule has 1 rings (SSSR count). The van der Waals surface area contributed by atoms with Crippen molar-refractivity contribution in [3.05, 3.63) is 35.4 Å². The number of thioether (sulfide) groups is 1. The number of anilines is 1. The Labute approximate surface area is 112 Å². The maximum Gasteiger partial charge on any atom is 0.333 e. The number of carbonyl (C=O) groups is 1. The van der Waals surface area contributed by atoms with E-state index in [0.29, 0.717) is 17.7 Å². The number of benzene rings is 1. The fraction of sp³-hybridized carbons (Fsp3) is 0.357. The van der Waals surface area contributed by atoms with Gasteiger partial charge in [-0.05, 0) is 31.0 Å². The van der Waals surface area contributed by atoms with Crippen molar-refractivity contribution in [2.24, 2.45) is 0 Å². The number of hydrogen-bond donors (Lipinski definition) is 1. The Bertz CT molecular complexity index is 455. The second-order valence-electron chi connectivity index (χ2n) is 3.93. The van der Waals surface area contributed by atoms with E-state index in [4.69, 9.17) is 10.5 Å². The summed E-state index contributed by atoms with van der Waals surface area (Å²) in [5.74, 6) is 0.459. The van der Waals surface area contributed by atoms with Crippen molar-refractivity contribution in [1.29, 1.82) is 0 Å². The molecule has 0 aliphatic rings. The first-order valence-electron chi connectivity index (χ1n) is 5.84. The summed E-state index contributed by atoms with van der Waals surface area (Å²) >= 11 is 1.62. The highest BCUT2D eigenvalue weighted by molar-refractivity contribution is 7.99. The van der Waals surface area contributed by atoms with Crippen molar-refractivity contribution in [3.8, 4) is 0 Å². The molecule has 4 heteroatoms. The van der Waals surface area contributed by atoms with Gasteiger partial charge >= 0.3 is 5.97 Å². The van der Waals surface area contributed by atoms with E-state index in [1.165, 1.54) is 7.11 Å². The molecule has 1 aromatic rings. The summed E-state index contributed by atoms with van der Waals surface area (Å²) in [6.07, 6.45) is 2.58. The molecule has 18 heavy (non-hydrogen) atoms. The number of methoxy groups -OCH3 is 1. The predicted octanol–water partition coefficient (Wildman–Crippen LogP) is 3.18. The molecule has 0 spiro atoms. The zero-order valence-electron chi connectivity index (χ0n) is 11.0. The molecule has 0 unspecified atom stereocenters. The number of rotatable bonds is 5. The van der Waals surface area contributed by atoms with E-state index < -0.39 is 0 Å². The molecular formula is C14H19NO2S. The van der Waals surface area contributed by atoms with Crippen molar-refractivity contribution >= 4 is 23.4 Å². The van der Waals surface area contributed by atoms with Gasteiger partial charge in [-0.2, -0.15) is 0 Å². The molecule has 0 saturated heterocycles. The molecule has 0 amide bonds. The second-order valence-corrected chi connectivity index (χ2v) is 4.99. The third-order valence-corrected chi connectivity index (χ3v) is 3.58. The van der Waals surface area contributed by atoms with Crippen molar-refractivity contribution in [1.82, 2.24) is 0 Å². The molecule has 0 bridgehead atoms. The van der Waals surface area contributed by atoms with Crippen LogP contribution < -0.4 is 5.73 Å². The van der Waals surface area contributed by atoms with E-state index in [1.807, 2.05) is 38.1 Å². The van der Waals surface area contributed by atoms with Gasteiger partial charge in [-0.25, -0.2) is 4.79 Å². The SMILES string of the molecule is CCC(=CCSc1ccc(C)cc1N)C(=O)OC. The van der Waals surface area contributed by atoms with Crippen LogP contribution in [0.1, 0.15) is 18.9 Å². The highest BCUT2D eigenvalue weighted by atomic mass is 32.2. The van der Waals surface area contributed by atoms with Crippen LogP contribution in [-0.4, -0.2) is 18.8 Å². The number of nitrogen functional groups attached to an aromatic ring is 1. The van der Waals surface area contributed by atoms with Gasteiger partial charge in [-0.15, -0.1) is 11.8 Å². The van der Waals surface area contributed by atoms with E-state index in [-0.39, 0.29) is 5.97 Å². The Morgan fingerprint density at radius 2 is 2.22 bits per heavy atom. The minimum atomic E-state index is -0.255. The Morgan fingerprint density at radius 3 is 2.78 bits per heavy atom. The van der Waals surface area contributed by atoms with Gasteiger partial charge < -0.3 is 10.5 Å². The van der Waals surface area contributed by atoms with E-state index in [9.17, 15) is 4.79 Å². The van der Waals surface area contributed by atoms with Crippen molar-refractivity contribution in [2.75, 3.05) is 18.6 Å². The van der Waals surface area contributed by atoms with Gasteiger partial charge in [0.1, 0.15) is 0 Å². The number of aryl methyl sites for hydroxylation is 1. The highest BCUT2D eigenvalue weighted by Gasteiger charge is 2.06. The van der Waals surface area contributed by atoms with Crippen LogP contribution in [0.25, 0.3) is 0 Å². The predicted molar refractivity (Wildman–Crippen MR) is 76.7 cm³/mol. The molecule has 98 valence electrons. The van der Waals surface area contributed by atoms with Gasteiger partial charge in [0.25, 0.3) is 0 Å². The molecule has 0 fully saturated rings. The van der Waals surface area contributed by atoms with E-state index >= 15 is 0 Å². The smallest absolute Gasteiger partial charge is 0.333 e. The first-order chi connectivity index (χ1) is 8.58. The summed E-state index contributed by atoms with van der Waals surface area (Å²) in [5.41, 5.74) is 8.56. The molecule has 0 radical (unpaired) electrons. The van der Waals surface area contributed by atoms with Crippen LogP contribution in [0.15, 0.2) is 34.7 Å². The molecule has 0 saturated carbocycles. The fourth-order valence-corrected chi connectivity index (χ4v) is 2.39. The molecule has 3 nitrogen and oxygen atoms in total. The Morgan fingerprint density at radius 1 is 1.50 bits per heavy atom. The maximum absolute atomic E-state index is 11.4. The lowest BCUT2D eigenvalue weighted by Gasteiger charge is -2.05. The molecule has 0 aliphatic heterocycles. The van der Waals surface area contributed by atoms with Crippen LogP contribution in [0.4, 0.5) is 5.69 Å². The first-order valence-corrected chi connectivity index (χ1v) is 6.83. The lowest BCUT2D eigenvalue weighted by atomic mass is 10.2. The molecule has 2 N–H and O–H groups in total. The summed E-state index contributed by atoms with van der Waals surface area (Å²) < 4.78 is 4.70. The van der Waals surface area contributed by atoms with Crippen molar-refractivity contribution in [2.45, 2.75) is 25.2 Å². The zero-order valence-corrected chi connectivity index (χ0v) is 11.8. The van der Waals surface area contributed by atoms with Gasteiger partial charge in [0.2, 0.25) is 0 Å². The topological polar surface area (TPSA) is 52.3 Å². The molecule has 0 aliphatic carbocycles. The minimum absolute atomic E-state index is 0.255. The molecule has 0 aromatic heterocycles. The van der Waals surface area contributed by atoms with E-state index in [1.54, 1.807) is 11.8 Å². The van der Waals surface area contributed by atoms with Crippen LogP contribution in [0.2, 0.25) is 0 Å². The summed E-state index contributed by atoms with van der Waals surface area (Å²) in [6, 6.07) is 5.99. The first kappa shape index (κ1) is 14.6. The van der Waals surface area contributed by atoms with Crippen molar-refractivity contribution < 1.29 is 9.53 Å². The van der Waals surface area contributed by atoms with E-state index in [2.05, 4.69) is 0 Å². The average molecular weight is 265 g/mol. The number of hydrogen-bond acceptors (Lipinski definition) is 4. The van der Waals surface area contributed by atoms with Gasteiger partial charge in [0.15, 0.2) is 0 Å². The quantitative estimate of drug-likeness (QED) is 0.384. The van der Waals surface area contributed by atoms with Crippen LogP contribution in [0, 0.1) is 6.92 Å². The molecule has 1 aromatic carbocycles. The largest absolute Gasteiger partial charge is 0.466 e. The Balaban J connectivity index is 2.65. The fourth-order valence-electron chi connectivity index (χ4n) is 1.53. The third-order valence-electron chi connectivity index (χ3n) is 2.56. The number of ether oxygens (including phenoxy) is 1. The van der Waals surface area contributed by atoms with Crippen LogP contribution >= 0.6 is 11.8 Å². The van der Waals surface area contributed by atoms with Crippen LogP contribution in [0.5, 0.6) is 0 Å². The second kappa shape index (κ2) is 7.11. The minimum Gasteiger partial charge on any atom is -0.466 e. The summed E-state index contributed by atoms with van der Waals surface area (Å²) in [7, 11) is 1.40. The standard InChI is InChI=1S/C14H19NO2S/c1-4-11(14(16)17-3)7-8-18-13-6-5-10(2)9-12(13)15/h5-7,9H,4,8,15H2,1-3H3. The number of carbonyl (C=O) groups excluding carboxylic acids is 1. The average Bonchev–Trinajstić information content (AvgIpc) is 2.36. The van der Waals surface area contributed by atoms with Crippen molar-refractivity contribution in [3.63, 3.8) is 0 Å². The zero-order chi connectivity index (χ0) is 13.5. The molecule has 0 atom stereocenters. The normalized spacial score (nSPS) is 11.4. The lowest BCUT2D eigenvalue weighted by molar-refractivity contribution is -0.136. The number of nitrogens with two attached hydrogens (primary N) is 1. The Kier molecular flexibility index (Phi) is 5.78. The van der Waals surface area contributed by atoms with Gasteiger partial charge in [-0.1, -0.05) is 19.1 Å². The molecule has 0 heterocycles.